The molecule has 2 aromatic rings. The second-order valence-corrected chi connectivity index (χ2v) is 6.41. The van der Waals surface area contributed by atoms with Gasteiger partial charge in [0.2, 0.25) is 0 Å². The third-order valence-corrected chi connectivity index (χ3v) is 4.26. The Hall–Kier alpha value is -2.96. The molecule has 0 N–H and O–H groups in total. The molecule has 2 rings (SSSR count). The number of pyridine rings is 1. The maximum Gasteiger partial charge on any atom is 0.417 e. The van der Waals surface area contributed by atoms with Gasteiger partial charge in [-0.3, -0.25) is 4.99 Å². The summed E-state index contributed by atoms with van der Waals surface area (Å²) in [5.41, 5.74) is 0.365. The van der Waals surface area contributed by atoms with Gasteiger partial charge in [0.1, 0.15) is 0 Å². The van der Waals surface area contributed by atoms with Crippen LogP contribution in [0.3, 0.4) is 0 Å². The third-order valence-electron chi connectivity index (χ3n) is 4.26. The summed E-state index contributed by atoms with van der Waals surface area (Å²) in [7, 11) is 1.23. The monoisotopic (exact) mass is 404 g/mol. The number of alkyl halides is 3. The van der Waals surface area contributed by atoms with E-state index in [1.165, 1.54) is 31.5 Å². The molecule has 0 aliphatic carbocycles. The number of unbranched alkanes of at least 4 members (excludes halogenated alkanes) is 1. The number of fused-ring (bicyclic) bond motifs is 1. The van der Waals surface area contributed by atoms with Crippen LogP contribution in [-0.4, -0.2) is 24.3 Å². The first-order valence-electron chi connectivity index (χ1n) is 9.18. The van der Waals surface area contributed by atoms with Crippen LogP contribution in [0.5, 0.6) is 0 Å². The molecule has 0 spiro atoms. The molecule has 0 fully saturated rings. The Morgan fingerprint density at radius 1 is 1.28 bits per heavy atom. The van der Waals surface area contributed by atoms with Crippen LogP contribution < -0.4 is 0 Å². The van der Waals surface area contributed by atoms with Crippen molar-refractivity contribution >= 4 is 34.7 Å². The number of benzene rings is 1. The quantitative estimate of drug-likeness (QED) is 0.419. The van der Waals surface area contributed by atoms with E-state index in [1.54, 1.807) is 26.1 Å². The van der Waals surface area contributed by atoms with Crippen molar-refractivity contribution in [3.8, 4) is 0 Å². The molecule has 29 heavy (non-hydrogen) atoms. The molecule has 0 amide bonds. The molecule has 4 nitrogen and oxygen atoms in total. The Bertz CT molecular complexity index is 990. The van der Waals surface area contributed by atoms with E-state index in [1.807, 2.05) is 6.92 Å². The van der Waals surface area contributed by atoms with Gasteiger partial charge in [-0.25, -0.2) is 9.78 Å². The van der Waals surface area contributed by atoms with Gasteiger partial charge in [-0.15, -0.1) is 0 Å². The minimum Gasteiger partial charge on any atom is -0.465 e. The number of halogens is 3. The number of carbonyl (C=O) groups excluding carboxylic acids is 1. The SMILES string of the molecule is CC=N/C=C(\C)c1cc(C(=O)OC)c2cc(/C=C/CCC)c(C(F)(F)F)cc2n1. The summed E-state index contributed by atoms with van der Waals surface area (Å²) in [6.45, 7) is 5.39. The van der Waals surface area contributed by atoms with Gasteiger partial charge in [0.05, 0.1) is 29.4 Å². The molecule has 7 heteroatoms. The minimum atomic E-state index is -4.55. The lowest BCUT2D eigenvalue weighted by atomic mass is 9.98. The highest BCUT2D eigenvalue weighted by Crippen LogP contribution is 2.36. The molecule has 0 radical (unpaired) electrons. The molecule has 1 aromatic heterocycles. The molecule has 0 bridgehead atoms. The van der Waals surface area contributed by atoms with E-state index in [0.717, 1.165) is 12.5 Å². The zero-order valence-electron chi connectivity index (χ0n) is 16.8. The smallest absolute Gasteiger partial charge is 0.417 e. The zero-order valence-corrected chi connectivity index (χ0v) is 16.8. The lowest BCUT2D eigenvalue weighted by Crippen LogP contribution is -2.10. The van der Waals surface area contributed by atoms with Crippen LogP contribution in [0, 0.1) is 0 Å². The van der Waals surface area contributed by atoms with E-state index in [2.05, 4.69) is 9.98 Å². The predicted octanol–water partition coefficient (Wildman–Crippen LogP) is 6.31. The van der Waals surface area contributed by atoms with Gasteiger partial charge in [-0.1, -0.05) is 25.5 Å². The first-order valence-corrected chi connectivity index (χ1v) is 9.18. The normalized spacial score (nSPS) is 13.0. The number of carbonyl (C=O) groups is 1. The van der Waals surface area contributed by atoms with Crippen LogP contribution in [0.15, 0.2) is 35.5 Å². The van der Waals surface area contributed by atoms with E-state index in [9.17, 15) is 18.0 Å². The van der Waals surface area contributed by atoms with Crippen LogP contribution in [0.4, 0.5) is 13.2 Å². The summed E-state index contributed by atoms with van der Waals surface area (Å²) in [5, 5.41) is 0.302. The van der Waals surface area contributed by atoms with Crippen molar-refractivity contribution in [3.05, 3.63) is 52.9 Å². The van der Waals surface area contributed by atoms with Gasteiger partial charge >= 0.3 is 12.1 Å². The Morgan fingerprint density at radius 2 is 2.00 bits per heavy atom. The van der Waals surface area contributed by atoms with E-state index >= 15 is 0 Å². The van der Waals surface area contributed by atoms with Gasteiger partial charge in [0, 0.05) is 17.8 Å². The molecule has 0 atom stereocenters. The lowest BCUT2D eigenvalue weighted by Gasteiger charge is -2.14. The Morgan fingerprint density at radius 3 is 2.59 bits per heavy atom. The van der Waals surface area contributed by atoms with Gasteiger partial charge < -0.3 is 4.74 Å². The number of rotatable bonds is 6. The van der Waals surface area contributed by atoms with Crippen LogP contribution in [0.1, 0.15) is 60.8 Å². The number of nitrogens with zero attached hydrogens (tertiary/aromatic N) is 2. The molecule has 1 heterocycles. The highest BCUT2D eigenvalue weighted by Gasteiger charge is 2.33. The van der Waals surface area contributed by atoms with Gasteiger partial charge in [0.15, 0.2) is 0 Å². The average Bonchev–Trinajstić information content (AvgIpc) is 2.69. The number of ether oxygens (including phenoxy) is 1. The third kappa shape index (κ3) is 5.31. The summed E-state index contributed by atoms with van der Waals surface area (Å²) in [6.07, 6.45) is 3.13. The molecule has 0 saturated heterocycles. The average molecular weight is 404 g/mol. The fraction of sp³-hybridized carbons (Fsp3) is 0.318. The van der Waals surface area contributed by atoms with Crippen molar-refractivity contribution in [3.63, 3.8) is 0 Å². The topological polar surface area (TPSA) is 51.5 Å². The van der Waals surface area contributed by atoms with Crippen LogP contribution in [-0.2, 0) is 10.9 Å². The summed E-state index contributed by atoms with van der Waals surface area (Å²) < 4.78 is 45.8. The van der Waals surface area contributed by atoms with E-state index < -0.39 is 17.7 Å². The highest BCUT2D eigenvalue weighted by atomic mass is 19.4. The largest absolute Gasteiger partial charge is 0.465 e. The van der Waals surface area contributed by atoms with Crippen molar-refractivity contribution in [2.75, 3.05) is 7.11 Å². The Kier molecular flexibility index (Phi) is 7.31. The number of allylic oxidation sites excluding steroid dienone is 2. The maximum atomic E-state index is 13.7. The lowest BCUT2D eigenvalue weighted by molar-refractivity contribution is -0.137. The number of aromatic nitrogens is 1. The van der Waals surface area contributed by atoms with Crippen molar-refractivity contribution in [2.24, 2.45) is 4.99 Å². The second kappa shape index (κ2) is 9.49. The fourth-order valence-corrected chi connectivity index (χ4v) is 2.78. The summed E-state index contributed by atoms with van der Waals surface area (Å²) in [4.78, 5) is 20.7. The van der Waals surface area contributed by atoms with Crippen molar-refractivity contribution in [1.29, 1.82) is 0 Å². The standard InChI is InChI=1S/C22H23F3N2O2/c1-5-7-8-9-15-10-16-17(21(28)29-4)11-19(14(3)13-26-6-2)27-20(16)12-18(15)22(23,24)25/h6,8-13H,5,7H2,1-4H3/b9-8+,14-13+,26-6?. The molecule has 0 saturated carbocycles. The molecular weight excluding hydrogens is 381 g/mol. The number of hydrogen-bond donors (Lipinski definition) is 0. The number of methoxy groups -OCH3 is 1. The first-order chi connectivity index (χ1) is 13.7. The zero-order chi connectivity index (χ0) is 21.6. The van der Waals surface area contributed by atoms with Crippen molar-refractivity contribution in [1.82, 2.24) is 4.98 Å². The Labute approximate surface area is 167 Å². The molecule has 154 valence electrons. The van der Waals surface area contributed by atoms with Gasteiger partial charge in [0.25, 0.3) is 0 Å². The fourth-order valence-electron chi connectivity index (χ4n) is 2.78. The number of hydrogen-bond acceptors (Lipinski definition) is 4. The highest BCUT2D eigenvalue weighted by molar-refractivity contribution is 6.05. The number of esters is 1. The minimum absolute atomic E-state index is 0.0130. The second-order valence-electron chi connectivity index (χ2n) is 6.41. The maximum absolute atomic E-state index is 13.7. The Balaban J connectivity index is 2.84. The summed E-state index contributed by atoms with van der Waals surface area (Å²) >= 11 is 0. The van der Waals surface area contributed by atoms with E-state index in [-0.39, 0.29) is 16.6 Å². The molecule has 0 aliphatic rings. The molecule has 0 aliphatic heterocycles. The number of aliphatic imine (C=N–C) groups is 1. The first kappa shape index (κ1) is 22.3. The van der Waals surface area contributed by atoms with E-state index in [0.29, 0.717) is 23.1 Å². The predicted molar refractivity (Wildman–Crippen MR) is 110 cm³/mol. The summed E-state index contributed by atoms with van der Waals surface area (Å²) in [6, 6.07) is 3.84. The van der Waals surface area contributed by atoms with Crippen LogP contribution in [0.2, 0.25) is 0 Å². The van der Waals surface area contributed by atoms with Crippen molar-refractivity contribution < 1.29 is 22.7 Å². The molecule has 0 unspecified atom stereocenters. The summed E-state index contributed by atoms with van der Waals surface area (Å²) in [5.74, 6) is -0.645. The van der Waals surface area contributed by atoms with Crippen LogP contribution >= 0.6 is 0 Å². The molecule has 1 aromatic carbocycles. The van der Waals surface area contributed by atoms with Crippen molar-refractivity contribution in [2.45, 2.75) is 39.8 Å². The van der Waals surface area contributed by atoms with E-state index in [4.69, 9.17) is 4.74 Å². The van der Waals surface area contributed by atoms with Gasteiger partial charge in [-0.2, -0.15) is 13.2 Å². The molecular formula is C22H23F3N2O2. The van der Waals surface area contributed by atoms with Gasteiger partial charge in [-0.05, 0) is 49.6 Å². The van der Waals surface area contributed by atoms with Crippen LogP contribution in [0.25, 0.3) is 22.6 Å².